The number of Topliss-reactive ketones (excluding diaryl/α,β-unsaturated/α-hetero) is 1. The van der Waals surface area contributed by atoms with E-state index in [9.17, 15) is 9.90 Å². The van der Waals surface area contributed by atoms with Crippen molar-refractivity contribution in [3.8, 4) is 0 Å². The third-order valence-electron chi connectivity index (χ3n) is 4.99. The fraction of sp³-hybridized carbons (Fsp3) is 0.850. The van der Waals surface area contributed by atoms with E-state index in [-0.39, 0.29) is 18.4 Å². The second-order valence-corrected chi connectivity index (χ2v) is 7.22. The molecule has 2 N–H and O–H groups in total. The first-order valence-corrected chi connectivity index (χ1v) is 9.63. The molecule has 1 aliphatic rings. The highest BCUT2D eigenvalue weighted by molar-refractivity contribution is 5.83. The van der Waals surface area contributed by atoms with Crippen molar-refractivity contribution < 1.29 is 19.7 Å². The van der Waals surface area contributed by atoms with Crippen LogP contribution in [0.5, 0.6) is 0 Å². The third-order valence-corrected chi connectivity index (χ3v) is 4.99. The number of hydrogen-bond acceptors (Lipinski definition) is 4. The predicted molar refractivity (Wildman–Crippen MR) is 96.9 cm³/mol. The molecule has 1 aliphatic carbocycles. The molecule has 3 atom stereocenters. The zero-order chi connectivity index (χ0) is 17.8. The van der Waals surface area contributed by atoms with Crippen LogP contribution in [0.15, 0.2) is 12.2 Å². The van der Waals surface area contributed by atoms with E-state index < -0.39 is 5.60 Å². The van der Waals surface area contributed by atoms with Crippen LogP contribution in [-0.2, 0) is 9.53 Å². The van der Waals surface area contributed by atoms with Crippen molar-refractivity contribution in [2.45, 2.75) is 77.2 Å². The standard InChI is InChI=1S/C20H36O4/c1-3-24-16-14-20(2,23)13-12-17-10-11-19(22)18(17)9-7-5-4-6-8-15-21/h12-13,17-18,21,23H,3-11,14-16H2,1-2H3. The smallest absolute Gasteiger partial charge is 0.136 e. The summed E-state index contributed by atoms with van der Waals surface area (Å²) in [5.41, 5.74) is -0.865. The third kappa shape index (κ3) is 8.41. The van der Waals surface area contributed by atoms with Gasteiger partial charge in [0.2, 0.25) is 0 Å². The summed E-state index contributed by atoms with van der Waals surface area (Å²) < 4.78 is 5.31. The molecule has 0 aromatic rings. The first-order chi connectivity index (χ1) is 11.5. The Kier molecular flexibility index (Phi) is 10.5. The SMILES string of the molecule is CCOCCC(C)(O)C=CC1CCC(=O)C1CCCCCCCO. The molecule has 1 saturated carbocycles. The minimum atomic E-state index is -0.865. The monoisotopic (exact) mass is 340 g/mol. The first-order valence-electron chi connectivity index (χ1n) is 9.63. The second kappa shape index (κ2) is 11.8. The zero-order valence-electron chi connectivity index (χ0n) is 15.5. The van der Waals surface area contributed by atoms with Gasteiger partial charge in [-0.25, -0.2) is 0 Å². The van der Waals surface area contributed by atoms with Crippen LogP contribution in [0.25, 0.3) is 0 Å². The minimum Gasteiger partial charge on any atom is -0.396 e. The lowest BCUT2D eigenvalue weighted by molar-refractivity contribution is -0.121. The molecule has 4 heteroatoms. The number of carbonyl (C=O) groups is 1. The molecule has 0 bridgehead atoms. The summed E-state index contributed by atoms with van der Waals surface area (Å²) in [6, 6.07) is 0. The highest BCUT2D eigenvalue weighted by Gasteiger charge is 2.32. The molecule has 0 saturated heterocycles. The van der Waals surface area contributed by atoms with Gasteiger partial charge in [0, 0.05) is 38.6 Å². The van der Waals surface area contributed by atoms with Gasteiger partial charge in [-0.3, -0.25) is 4.79 Å². The van der Waals surface area contributed by atoms with Gasteiger partial charge in [-0.05, 0) is 39.0 Å². The van der Waals surface area contributed by atoms with Crippen LogP contribution in [0.4, 0.5) is 0 Å². The largest absolute Gasteiger partial charge is 0.396 e. The molecule has 0 heterocycles. The molecule has 0 aromatic heterocycles. The highest BCUT2D eigenvalue weighted by atomic mass is 16.5. The minimum absolute atomic E-state index is 0.127. The Balaban J connectivity index is 2.39. The lowest BCUT2D eigenvalue weighted by Crippen LogP contribution is -2.24. The molecule has 24 heavy (non-hydrogen) atoms. The number of carbonyl (C=O) groups excluding carboxylic acids is 1. The number of ketones is 1. The van der Waals surface area contributed by atoms with E-state index in [2.05, 4.69) is 6.08 Å². The van der Waals surface area contributed by atoms with Gasteiger partial charge in [-0.15, -0.1) is 0 Å². The summed E-state index contributed by atoms with van der Waals surface area (Å²) in [6.45, 7) is 5.24. The van der Waals surface area contributed by atoms with Crippen LogP contribution >= 0.6 is 0 Å². The maximum atomic E-state index is 12.1. The van der Waals surface area contributed by atoms with Crippen molar-refractivity contribution in [3.63, 3.8) is 0 Å². The Morgan fingerprint density at radius 1 is 1.25 bits per heavy atom. The van der Waals surface area contributed by atoms with Crippen molar-refractivity contribution in [1.29, 1.82) is 0 Å². The molecule has 0 spiro atoms. The molecule has 4 nitrogen and oxygen atoms in total. The Hall–Kier alpha value is -0.710. The maximum Gasteiger partial charge on any atom is 0.136 e. The molecule has 0 radical (unpaired) electrons. The van der Waals surface area contributed by atoms with Gasteiger partial charge in [0.15, 0.2) is 0 Å². The number of aliphatic hydroxyl groups is 2. The average Bonchev–Trinajstić information content (AvgIpc) is 2.89. The number of unbranched alkanes of at least 4 members (excludes halogenated alkanes) is 4. The van der Waals surface area contributed by atoms with Gasteiger partial charge in [0.05, 0.1) is 5.60 Å². The van der Waals surface area contributed by atoms with Gasteiger partial charge in [-0.2, -0.15) is 0 Å². The Morgan fingerprint density at radius 3 is 2.67 bits per heavy atom. The number of allylic oxidation sites excluding steroid dienone is 1. The predicted octanol–water partition coefficient (Wildman–Crippen LogP) is 3.65. The topological polar surface area (TPSA) is 66.8 Å². The van der Waals surface area contributed by atoms with E-state index in [1.54, 1.807) is 6.92 Å². The molecule has 0 aromatic carbocycles. The van der Waals surface area contributed by atoms with E-state index in [4.69, 9.17) is 9.84 Å². The van der Waals surface area contributed by atoms with Gasteiger partial charge in [-0.1, -0.05) is 37.8 Å². The highest BCUT2D eigenvalue weighted by Crippen LogP contribution is 2.34. The van der Waals surface area contributed by atoms with Crippen molar-refractivity contribution in [3.05, 3.63) is 12.2 Å². The summed E-state index contributed by atoms with van der Waals surface area (Å²) in [4.78, 5) is 12.1. The van der Waals surface area contributed by atoms with Crippen LogP contribution in [0.2, 0.25) is 0 Å². The molecule has 140 valence electrons. The fourth-order valence-corrected chi connectivity index (χ4v) is 3.38. The van der Waals surface area contributed by atoms with Crippen LogP contribution in [0.3, 0.4) is 0 Å². The van der Waals surface area contributed by atoms with Gasteiger partial charge < -0.3 is 14.9 Å². The van der Waals surface area contributed by atoms with E-state index in [1.807, 2.05) is 13.0 Å². The molecule has 3 unspecified atom stereocenters. The quantitative estimate of drug-likeness (QED) is 0.397. The van der Waals surface area contributed by atoms with Gasteiger partial charge in [0.25, 0.3) is 0 Å². The lowest BCUT2D eigenvalue weighted by atomic mass is 9.88. The number of aliphatic hydroxyl groups excluding tert-OH is 1. The normalized spacial score (nSPS) is 23.9. The summed E-state index contributed by atoms with van der Waals surface area (Å²) in [5.74, 6) is 0.782. The van der Waals surface area contributed by atoms with Crippen LogP contribution in [-0.4, -0.2) is 41.4 Å². The molecular formula is C20H36O4. The van der Waals surface area contributed by atoms with Gasteiger partial charge >= 0.3 is 0 Å². The summed E-state index contributed by atoms with van der Waals surface area (Å²) >= 11 is 0. The summed E-state index contributed by atoms with van der Waals surface area (Å²) in [7, 11) is 0. The van der Waals surface area contributed by atoms with E-state index >= 15 is 0 Å². The zero-order valence-corrected chi connectivity index (χ0v) is 15.5. The van der Waals surface area contributed by atoms with Crippen LogP contribution < -0.4 is 0 Å². The Morgan fingerprint density at radius 2 is 1.96 bits per heavy atom. The number of hydrogen-bond donors (Lipinski definition) is 2. The average molecular weight is 341 g/mol. The van der Waals surface area contributed by atoms with Crippen molar-refractivity contribution in [2.75, 3.05) is 19.8 Å². The summed E-state index contributed by atoms with van der Waals surface area (Å²) in [6.07, 6.45) is 12.3. The molecule has 0 amide bonds. The van der Waals surface area contributed by atoms with Gasteiger partial charge in [0.1, 0.15) is 5.78 Å². The molecule has 1 rings (SSSR count). The Labute approximate surface area is 147 Å². The molecule has 1 fully saturated rings. The lowest BCUT2D eigenvalue weighted by Gasteiger charge is -2.21. The first kappa shape index (κ1) is 21.3. The van der Waals surface area contributed by atoms with Crippen LogP contribution in [0.1, 0.15) is 71.6 Å². The fourth-order valence-electron chi connectivity index (χ4n) is 3.38. The van der Waals surface area contributed by atoms with Crippen molar-refractivity contribution in [2.24, 2.45) is 11.8 Å². The van der Waals surface area contributed by atoms with Crippen molar-refractivity contribution >= 4 is 5.78 Å². The van der Waals surface area contributed by atoms with Crippen molar-refractivity contribution in [1.82, 2.24) is 0 Å². The molecule has 0 aliphatic heterocycles. The summed E-state index contributed by atoms with van der Waals surface area (Å²) in [5, 5.41) is 19.2. The van der Waals surface area contributed by atoms with E-state index in [0.29, 0.717) is 31.8 Å². The second-order valence-electron chi connectivity index (χ2n) is 7.22. The van der Waals surface area contributed by atoms with E-state index in [0.717, 1.165) is 44.9 Å². The molecular weight excluding hydrogens is 304 g/mol. The maximum absolute atomic E-state index is 12.1. The van der Waals surface area contributed by atoms with E-state index in [1.165, 1.54) is 0 Å². The number of rotatable bonds is 13. The Bertz CT molecular complexity index is 376. The van der Waals surface area contributed by atoms with Crippen LogP contribution in [0, 0.1) is 11.8 Å². The number of ether oxygens (including phenoxy) is 1.